The number of nitrogens with zero attached hydrogens (tertiary/aromatic N) is 1. The van der Waals surface area contributed by atoms with E-state index in [-0.39, 0.29) is 17.7 Å². The number of amides is 3. The number of carbonyl (C=O) groups is 3. The second-order valence-electron chi connectivity index (χ2n) is 4.73. The number of nitrogens with one attached hydrogen (secondary N) is 2. The zero-order chi connectivity index (χ0) is 14.4. The molecule has 2 N–H and O–H groups in total. The number of hydrogen-bond donors (Lipinski definition) is 2. The van der Waals surface area contributed by atoms with E-state index in [0.29, 0.717) is 25.9 Å². The van der Waals surface area contributed by atoms with Gasteiger partial charge in [0.25, 0.3) is 0 Å². The van der Waals surface area contributed by atoms with E-state index in [0.717, 1.165) is 6.42 Å². The van der Waals surface area contributed by atoms with Crippen molar-refractivity contribution in [3.05, 3.63) is 0 Å². The van der Waals surface area contributed by atoms with Crippen LogP contribution in [-0.4, -0.2) is 47.8 Å². The Morgan fingerprint density at radius 3 is 2.58 bits per heavy atom. The van der Waals surface area contributed by atoms with Gasteiger partial charge in [-0.05, 0) is 26.7 Å². The average Bonchev–Trinajstić information content (AvgIpc) is 2.86. The van der Waals surface area contributed by atoms with Gasteiger partial charge < -0.3 is 15.5 Å². The molecule has 2 atom stereocenters. The highest BCUT2D eigenvalue weighted by molar-refractivity contribution is 5.92. The third-order valence-corrected chi connectivity index (χ3v) is 3.26. The van der Waals surface area contributed by atoms with Gasteiger partial charge in [0.2, 0.25) is 17.7 Å². The van der Waals surface area contributed by atoms with Crippen LogP contribution in [0, 0.1) is 0 Å². The largest absolute Gasteiger partial charge is 0.355 e. The monoisotopic (exact) mass is 269 g/mol. The molecule has 3 amide bonds. The smallest absolute Gasteiger partial charge is 0.245 e. The molecule has 1 aliphatic heterocycles. The molecular formula is C13H23N3O3. The van der Waals surface area contributed by atoms with Crippen molar-refractivity contribution in [3.63, 3.8) is 0 Å². The summed E-state index contributed by atoms with van der Waals surface area (Å²) in [6, 6.07) is -0.976. The molecule has 19 heavy (non-hydrogen) atoms. The van der Waals surface area contributed by atoms with Crippen molar-refractivity contribution in [2.45, 2.75) is 52.1 Å². The number of carbonyl (C=O) groups excluding carboxylic acids is 3. The van der Waals surface area contributed by atoms with Crippen LogP contribution in [0.1, 0.15) is 40.0 Å². The normalized spacial score (nSPS) is 19.9. The molecular weight excluding hydrogens is 246 g/mol. The van der Waals surface area contributed by atoms with E-state index >= 15 is 0 Å². The fraction of sp³-hybridized carbons (Fsp3) is 0.769. The Morgan fingerprint density at radius 1 is 1.32 bits per heavy atom. The van der Waals surface area contributed by atoms with Crippen LogP contribution in [0.2, 0.25) is 0 Å². The zero-order valence-electron chi connectivity index (χ0n) is 11.9. The van der Waals surface area contributed by atoms with Gasteiger partial charge in [0, 0.05) is 19.5 Å². The summed E-state index contributed by atoms with van der Waals surface area (Å²) in [7, 11) is 0. The van der Waals surface area contributed by atoms with Crippen molar-refractivity contribution in [2.75, 3.05) is 13.1 Å². The van der Waals surface area contributed by atoms with Gasteiger partial charge >= 0.3 is 0 Å². The van der Waals surface area contributed by atoms with Crippen LogP contribution in [0.4, 0.5) is 0 Å². The number of likely N-dealkylation sites (tertiary alicyclic amines) is 1. The minimum atomic E-state index is -0.581. The maximum Gasteiger partial charge on any atom is 0.245 e. The van der Waals surface area contributed by atoms with E-state index in [1.165, 1.54) is 0 Å². The molecule has 0 aromatic heterocycles. The van der Waals surface area contributed by atoms with Crippen molar-refractivity contribution >= 4 is 17.7 Å². The molecule has 0 spiro atoms. The fourth-order valence-corrected chi connectivity index (χ4v) is 2.25. The molecule has 0 radical (unpaired) electrons. The van der Waals surface area contributed by atoms with Crippen LogP contribution in [0.3, 0.4) is 0 Å². The van der Waals surface area contributed by atoms with Crippen LogP contribution in [0.25, 0.3) is 0 Å². The molecule has 1 aliphatic rings. The molecule has 1 heterocycles. The number of rotatable bonds is 5. The summed E-state index contributed by atoms with van der Waals surface area (Å²) in [5.74, 6) is -0.451. The molecule has 1 fully saturated rings. The SMILES string of the molecule is CCNC(=O)[C@@H]1CCCN1C(=O)[C@H](C)NC(=O)CC. The molecule has 1 rings (SSSR count). The molecule has 6 nitrogen and oxygen atoms in total. The first-order valence-electron chi connectivity index (χ1n) is 6.88. The van der Waals surface area contributed by atoms with Crippen LogP contribution in [-0.2, 0) is 14.4 Å². The standard InChI is InChI=1S/C13H23N3O3/c1-4-11(17)15-9(3)13(19)16-8-6-7-10(16)12(18)14-5-2/h9-10H,4-8H2,1-3H3,(H,14,18)(H,15,17)/t9-,10-/m0/s1. The summed E-state index contributed by atoms with van der Waals surface area (Å²) in [4.78, 5) is 37.0. The van der Waals surface area contributed by atoms with E-state index in [2.05, 4.69) is 10.6 Å². The fourth-order valence-electron chi connectivity index (χ4n) is 2.25. The van der Waals surface area contributed by atoms with Crippen LogP contribution >= 0.6 is 0 Å². The summed E-state index contributed by atoms with van der Waals surface area (Å²) in [5.41, 5.74) is 0. The van der Waals surface area contributed by atoms with Gasteiger partial charge in [0.15, 0.2) is 0 Å². The van der Waals surface area contributed by atoms with Crippen molar-refractivity contribution in [2.24, 2.45) is 0 Å². The summed E-state index contributed by atoms with van der Waals surface area (Å²) >= 11 is 0. The van der Waals surface area contributed by atoms with Crippen molar-refractivity contribution < 1.29 is 14.4 Å². The highest BCUT2D eigenvalue weighted by Crippen LogP contribution is 2.18. The van der Waals surface area contributed by atoms with Crippen LogP contribution in [0.15, 0.2) is 0 Å². The lowest BCUT2D eigenvalue weighted by Gasteiger charge is -2.27. The minimum absolute atomic E-state index is 0.109. The highest BCUT2D eigenvalue weighted by Gasteiger charge is 2.35. The van der Waals surface area contributed by atoms with Gasteiger partial charge in [-0.3, -0.25) is 14.4 Å². The van der Waals surface area contributed by atoms with Crippen LogP contribution in [0.5, 0.6) is 0 Å². The molecule has 0 unspecified atom stereocenters. The third-order valence-electron chi connectivity index (χ3n) is 3.26. The Kier molecular flexibility index (Phi) is 5.79. The molecule has 108 valence electrons. The van der Waals surface area contributed by atoms with Crippen molar-refractivity contribution in [1.82, 2.24) is 15.5 Å². The lowest BCUT2D eigenvalue weighted by Crippen LogP contribution is -2.52. The lowest BCUT2D eigenvalue weighted by atomic mass is 10.2. The summed E-state index contributed by atoms with van der Waals surface area (Å²) in [6.07, 6.45) is 1.85. The number of hydrogen-bond acceptors (Lipinski definition) is 3. The molecule has 0 aliphatic carbocycles. The summed E-state index contributed by atoms with van der Waals surface area (Å²) in [6.45, 7) is 6.37. The van der Waals surface area contributed by atoms with Crippen molar-refractivity contribution in [3.8, 4) is 0 Å². The molecule has 0 saturated carbocycles. The van der Waals surface area contributed by atoms with Gasteiger partial charge in [-0.2, -0.15) is 0 Å². The summed E-state index contributed by atoms with van der Waals surface area (Å²) < 4.78 is 0. The first-order chi connectivity index (χ1) is 9.01. The Bertz CT molecular complexity index is 357. The van der Waals surface area contributed by atoms with Gasteiger partial charge in [0.05, 0.1) is 0 Å². The first kappa shape index (κ1) is 15.5. The van der Waals surface area contributed by atoms with Gasteiger partial charge in [-0.25, -0.2) is 0 Å². The predicted octanol–water partition coefficient (Wildman–Crippen LogP) is 0.0282. The van der Waals surface area contributed by atoms with E-state index in [9.17, 15) is 14.4 Å². The molecule has 6 heteroatoms. The molecule has 0 aromatic rings. The molecule has 1 saturated heterocycles. The predicted molar refractivity (Wildman–Crippen MR) is 71.3 cm³/mol. The van der Waals surface area contributed by atoms with Crippen molar-refractivity contribution in [1.29, 1.82) is 0 Å². The van der Waals surface area contributed by atoms with E-state index in [1.54, 1.807) is 18.7 Å². The molecule has 0 bridgehead atoms. The van der Waals surface area contributed by atoms with Gasteiger partial charge in [0.1, 0.15) is 12.1 Å². The second-order valence-corrected chi connectivity index (χ2v) is 4.73. The minimum Gasteiger partial charge on any atom is -0.355 e. The van der Waals surface area contributed by atoms with Gasteiger partial charge in [-0.15, -0.1) is 0 Å². The van der Waals surface area contributed by atoms with E-state index in [4.69, 9.17) is 0 Å². The Hall–Kier alpha value is -1.59. The number of likely N-dealkylation sites (N-methyl/N-ethyl adjacent to an activating group) is 1. The van der Waals surface area contributed by atoms with E-state index < -0.39 is 12.1 Å². The Balaban J connectivity index is 2.64. The molecule has 0 aromatic carbocycles. The quantitative estimate of drug-likeness (QED) is 0.739. The Labute approximate surface area is 113 Å². The summed E-state index contributed by atoms with van der Waals surface area (Å²) in [5, 5.41) is 5.38. The van der Waals surface area contributed by atoms with Gasteiger partial charge in [-0.1, -0.05) is 6.92 Å². The highest BCUT2D eigenvalue weighted by atomic mass is 16.2. The average molecular weight is 269 g/mol. The topological polar surface area (TPSA) is 78.5 Å². The zero-order valence-corrected chi connectivity index (χ0v) is 11.9. The second kappa shape index (κ2) is 7.11. The van der Waals surface area contributed by atoms with E-state index in [1.807, 2.05) is 6.92 Å². The third kappa shape index (κ3) is 3.94. The lowest BCUT2D eigenvalue weighted by molar-refractivity contribution is -0.141. The maximum absolute atomic E-state index is 12.2. The van der Waals surface area contributed by atoms with Crippen LogP contribution < -0.4 is 10.6 Å². The first-order valence-corrected chi connectivity index (χ1v) is 6.88. The Morgan fingerprint density at radius 2 is 2.00 bits per heavy atom. The maximum atomic E-state index is 12.2.